The van der Waals surface area contributed by atoms with Crippen molar-refractivity contribution in [3.05, 3.63) is 46.7 Å². The van der Waals surface area contributed by atoms with Gasteiger partial charge in [0, 0.05) is 12.1 Å². The Kier molecular flexibility index (Phi) is 2.19. The molecule has 0 bridgehead atoms. The number of nitrogens with zero attached hydrogens (tertiary/aromatic N) is 1. The molecule has 0 fully saturated rings. The number of allylic oxidation sites excluding steroid dienone is 1. The molecule has 0 radical (unpaired) electrons. The Balaban J connectivity index is 1.94. The van der Waals surface area contributed by atoms with Crippen molar-refractivity contribution >= 4 is 5.91 Å². The lowest BCUT2D eigenvalue weighted by atomic mass is 10.0. The molecule has 4 heteroatoms. The molecule has 1 amide bonds. The predicted molar refractivity (Wildman–Crippen MR) is 62.8 cm³/mol. The van der Waals surface area contributed by atoms with Gasteiger partial charge >= 0.3 is 0 Å². The summed E-state index contributed by atoms with van der Waals surface area (Å²) in [5.41, 5.74) is 5.81. The van der Waals surface area contributed by atoms with Crippen LogP contribution in [0.1, 0.15) is 28.4 Å². The third kappa shape index (κ3) is 1.52. The molecule has 0 saturated heterocycles. The molecule has 2 aliphatic rings. The molecule has 0 spiro atoms. The van der Waals surface area contributed by atoms with Crippen LogP contribution in [-0.4, -0.2) is 17.0 Å². The molecule has 2 aliphatic heterocycles. The molecule has 88 valence electrons. The Morgan fingerprint density at radius 1 is 1.41 bits per heavy atom. The number of hydrogen-bond donors (Lipinski definition) is 1. The highest BCUT2D eigenvalue weighted by Gasteiger charge is 2.34. The van der Waals surface area contributed by atoms with Crippen molar-refractivity contribution in [1.29, 1.82) is 0 Å². The second kappa shape index (κ2) is 3.60. The molecule has 1 aromatic rings. The molecule has 0 aromatic heterocycles. The fourth-order valence-corrected chi connectivity index (χ4v) is 2.39. The first-order valence-corrected chi connectivity index (χ1v) is 5.67. The molecule has 1 atom stereocenters. The second-order valence-corrected chi connectivity index (χ2v) is 4.48. The smallest absolute Gasteiger partial charge is 0.256 e. The molecule has 1 aromatic carbocycles. The fourth-order valence-electron chi connectivity index (χ4n) is 2.39. The number of amides is 1. The lowest BCUT2D eigenvalue weighted by molar-refractivity contribution is 0.0435. The van der Waals surface area contributed by atoms with E-state index >= 15 is 0 Å². The van der Waals surface area contributed by atoms with Gasteiger partial charge in [0.25, 0.3) is 5.91 Å². The van der Waals surface area contributed by atoms with E-state index in [2.05, 4.69) is 5.48 Å². The Morgan fingerprint density at radius 2 is 2.24 bits per heavy atom. The number of nitrogens with one attached hydrogen (secondary N) is 1. The summed E-state index contributed by atoms with van der Waals surface area (Å²) in [6.45, 7) is 4.48. The van der Waals surface area contributed by atoms with Crippen molar-refractivity contribution in [3.63, 3.8) is 0 Å². The lowest BCUT2D eigenvalue weighted by Crippen LogP contribution is -2.41. The second-order valence-electron chi connectivity index (χ2n) is 4.48. The van der Waals surface area contributed by atoms with Gasteiger partial charge in [-0.25, -0.2) is 0 Å². The Morgan fingerprint density at radius 3 is 2.88 bits per heavy atom. The van der Waals surface area contributed by atoms with E-state index in [1.54, 1.807) is 4.90 Å². The van der Waals surface area contributed by atoms with Crippen LogP contribution in [0.25, 0.3) is 0 Å². The third-order valence-electron chi connectivity index (χ3n) is 3.24. The fraction of sp³-hybridized carbons (Fsp3) is 0.308. The van der Waals surface area contributed by atoms with Gasteiger partial charge < -0.3 is 9.74 Å². The summed E-state index contributed by atoms with van der Waals surface area (Å²) in [6, 6.07) is 5.97. The number of hydrogen-bond acceptors (Lipinski definition) is 3. The number of fused-ring (bicyclic) bond motifs is 1. The van der Waals surface area contributed by atoms with Gasteiger partial charge in [-0.15, -0.1) is 5.48 Å². The van der Waals surface area contributed by atoms with E-state index < -0.39 is 0 Å². The molecule has 2 heterocycles. The van der Waals surface area contributed by atoms with Crippen molar-refractivity contribution in [3.8, 4) is 0 Å². The predicted octanol–water partition coefficient (Wildman–Crippen LogP) is 1.72. The van der Waals surface area contributed by atoms with Crippen LogP contribution in [0.2, 0.25) is 0 Å². The molecule has 0 saturated carbocycles. The minimum absolute atomic E-state index is 0.0742. The van der Waals surface area contributed by atoms with Gasteiger partial charge in [-0.2, -0.15) is 0 Å². The number of aryl methyl sites for hydroxylation is 1. The maximum atomic E-state index is 12.3. The summed E-state index contributed by atoms with van der Waals surface area (Å²) in [6.07, 6.45) is 1.76. The summed E-state index contributed by atoms with van der Waals surface area (Å²) in [7, 11) is 0. The van der Waals surface area contributed by atoms with Crippen LogP contribution in [0.4, 0.5) is 0 Å². The van der Waals surface area contributed by atoms with E-state index in [0.717, 1.165) is 22.4 Å². The van der Waals surface area contributed by atoms with Gasteiger partial charge in [-0.05, 0) is 31.1 Å². The van der Waals surface area contributed by atoms with Crippen molar-refractivity contribution in [2.45, 2.75) is 26.6 Å². The average Bonchev–Trinajstić information content (AvgIpc) is 2.84. The van der Waals surface area contributed by atoms with Gasteiger partial charge in [0.05, 0.1) is 0 Å². The zero-order valence-corrected chi connectivity index (χ0v) is 9.86. The highest BCUT2D eigenvalue weighted by Crippen LogP contribution is 2.28. The first kappa shape index (κ1) is 10.4. The molecular weight excluding hydrogens is 216 g/mol. The summed E-state index contributed by atoms with van der Waals surface area (Å²) >= 11 is 0. The Bertz CT molecular complexity index is 522. The Hall–Kier alpha value is -1.81. The van der Waals surface area contributed by atoms with Crippen LogP contribution >= 0.6 is 0 Å². The molecule has 17 heavy (non-hydrogen) atoms. The molecule has 1 unspecified atom stereocenters. The topological polar surface area (TPSA) is 41.6 Å². The van der Waals surface area contributed by atoms with Crippen molar-refractivity contribution in [1.82, 2.24) is 10.4 Å². The third-order valence-corrected chi connectivity index (χ3v) is 3.24. The summed E-state index contributed by atoms with van der Waals surface area (Å²) in [5.74, 6) is 0.876. The Labute approximate surface area is 99.8 Å². The normalized spacial score (nSPS) is 22.5. The van der Waals surface area contributed by atoms with E-state index in [9.17, 15) is 4.79 Å². The summed E-state index contributed by atoms with van der Waals surface area (Å²) < 4.78 is 0. The number of rotatable bonds is 1. The monoisotopic (exact) mass is 230 g/mol. The molecule has 1 N–H and O–H groups in total. The maximum Gasteiger partial charge on any atom is 0.256 e. The van der Waals surface area contributed by atoms with Crippen molar-refractivity contribution in [2.75, 3.05) is 0 Å². The van der Waals surface area contributed by atoms with E-state index in [-0.39, 0.29) is 12.1 Å². The van der Waals surface area contributed by atoms with Gasteiger partial charge in [-0.3, -0.25) is 4.79 Å². The van der Waals surface area contributed by atoms with E-state index in [0.29, 0.717) is 6.54 Å². The van der Waals surface area contributed by atoms with Gasteiger partial charge in [0.1, 0.15) is 11.9 Å². The van der Waals surface area contributed by atoms with E-state index in [1.807, 2.05) is 38.1 Å². The summed E-state index contributed by atoms with van der Waals surface area (Å²) in [4.78, 5) is 19.3. The lowest BCUT2D eigenvalue weighted by Gasteiger charge is -2.21. The maximum absolute atomic E-state index is 12.3. The van der Waals surface area contributed by atoms with Gasteiger partial charge in [0.15, 0.2) is 0 Å². The van der Waals surface area contributed by atoms with Crippen LogP contribution in [0.15, 0.2) is 30.0 Å². The van der Waals surface area contributed by atoms with Crippen LogP contribution in [0, 0.1) is 6.92 Å². The highest BCUT2D eigenvalue weighted by atomic mass is 16.7. The van der Waals surface area contributed by atoms with Crippen molar-refractivity contribution in [2.24, 2.45) is 0 Å². The first-order valence-electron chi connectivity index (χ1n) is 5.67. The largest absolute Gasteiger partial charge is 0.411 e. The first-order chi connectivity index (χ1) is 8.16. The minimum Gasteiger partial charge on any atom is -0.411 e. The molecule has 0 aliphatic carbocycles. The number of carbonyl (C=O) groups excluding carboxylic acids is 1. The minimum atomic E-state index is -0.158. The number of hydroxylamine groups is 1. The molecule has 3 rings (SSSR count). The van der Waals surface area contributed by atoms with Gasteiger partial charge in [0.2, 0.25) is 0 Å². The van der Waals surface area contributed by atoms with E-state index in [1.165, 1.54) is 0 Å². The SMILES string of the molecule is CC1=CC(N2Cc3cccc(C)c3C2=O)NO1. The van der Waals surface area contributed by atoms with Crippen LogP contribution in [0.5, 0.6) is 0 Å². The quantitative estimate of drug-likeness (QED) is 0.798. The molecular formula is C13H14N2O2. The zero-order chi connectivity index (χ0) is 12.0. The van der Waals surface area contributed by atoms with Crippen molar-refractivity contribution < 1.29 is 9.63 Å². The van der Waals surface area contributed by atoms with Crippen LogP contribution in [0.3, 0.4) is 0 Å². The summed E-state index contributed by atoms with van der Waals surface area (Å²) in [5, 5.41) is 0. The standard InChI is InChI=1S/C13H14N2O2/c1-8-4-3-5-10-7-15(13(16)12(8)10)11-6-9(2)17-14-11/h3-6,11,14H,7H2,1-2H3. The molecule has 4 nitrogen and oxygen atoms in total. The van der Waals surface area contributed by atoms with Crippen LogP contribution < -0.4 is 5.48 Å². The van der Waals surface area contributed by atoms with Crippen LogP contribution in [-0.2, 0) is 11.4 Å². The number of carbonyl (C=O) groups is 1. The van der Waals surface area contributed by atoms with E-state index in [4.69, 9.17) is 4.84 Å². The zero-order valence-electron chi connectivity index (χ0n) is 9.86. The van der Waals surface area contributed by atoms with Gasteiger partial charge in [-0.1, -0.05) is 18.2 Å². The number of benzene rings is 1. The highest BCUT2D eigenvalue weighted by molar-refractivity contribution is 6.00. The average molecular weight is 230 g/mol.